The van der Waals surface area contributed by atoms with Crippen molar-refractivity contribution in [3.63, 3.8) is 0 Å². The maximum absolute atomic E-state index is 14.1. The van der Waals surface area contributed by atoms with Crippen molar-refractivity contribution in [1.29, 1.82) is 0 Å². The number of aromatic nitrogens is 1. The van der Waals surface area contributed by atoms with Crippen LogP contribution in [-0.2, 0) is 6.18 Å². The van der Waals surface area contributed by atoms with Crippen LogP contribution in [0, 0.1) is 6.92 Å². The standard InChI is InChI=1S/C24H22F3N3O/c1-16-9-10-20(29-23(31)17-6-3-2-4-7-17)21(22(16)24(25,26)27)18-11-13-30(15-18)19-8-5-12-28-14-19/h2-10,12,14,18H,11,13,15H2,1H3,(H,29,31)/t18-/m1/s1. The van der Waals surface area contributed by atoms with Crippen LogP contribution in [0.1, 0.15) is 39.4 Å². The average Bonchev–Trinajstić information content (AvgIpc) is 3.25. The third kappa shape index (κ3) is 4.40. The molecule has 1 fully saturated rings. The summed E-state index contributed by atoms with van der Waals surface area (Å²) in [7, 11) is 0. The van der Waals surface area contributed by atoms with Crippen molar-refractivity contribution in [2.45, 2.75) is 25.4 Å². The Bertz CT molecular complexity index is 1070. The predicted molar refractivity (Wildman–Crippen MR) is 114 cm³/mol. The molecule has 1 aliphatic rings. The Labute approximate surface area is 178 Å². The Balaban J connectivity index is 1.72. The smallest absolute Gasteiger partial charge is 0.370 e. The number of nitrogens with one attached hydrogen (secondary N) is 1. The van der Waals surface area contributed by atoms with Gasteiger partial charge in [0.1, 0.15) is 0 Å². The van der Waals surface area contributed by atoms with Crippen molar-refractivity contribution < 1.29 is 18.0 Å². The highest BCUT2D eigenvalue weighted by Crippen LogP contribution is 2.44. The largest absolute Gasteiger partial charge is 0.417 e. The molecule has 3 aromatic rings. The molecule has 0 saturated carbocycles. The molecule has 1 atom stereocenters. The van der Waals surface area contributed by atoms with Crippen molar-refractivity contribution in [2.24, 2.45) is 0 Å². The van der Waals surface area contributed by atoms with E-state index >= 15 is 0 Å². The van der Waals surface area contributed by atoms with Crippen LogP contribution in [0.15, 0.2) is 67.0 Å². The van der Waals surface area contributed by atoms with Crippen LogP contribution < -0.4 is 10.2 Å². The Morgan fingerprint density at radius 2 is 1.87 bits per heavy atom. The molecule has 2 aromatic carbocycles. The number of nitrogens with zero attached hydrogens (tertiary/aromatic N) is 2. The van der Waals surface area contributed by atoms with Gasteiger partial charge in [-0.2, -0.15) is 13.2 Å². The molecule has 4 nitrogen and oxygen atoms in total. The highest BCUT2D eigenvalue weighted by Gasteiger charge is 2.40. The van der Waals surface area contributed by atoms with Gasteiger partial charge in [-0.25, -0.2) is 0 Å². The van der Waals surface area contributed by atoms with Crippen molar-refractivity contribution in [3.8, 4) is 0 Å². The highest BCUT2D eigenvalue weighted by molar-refractivity contribution is 6.04. The summed E-state index contributed by atoms with van der Waals surface area (Å²) in [6.45, 7) is 2.50. The fourth-order valence-electron chi connectivity index (χ4n) is 4.19. The zero-order valence-electron chi connectivity index (χ0n) is 17.0. The Morgan fingerprint density at radius 1 is 1.10 bits per heavy atom. The van der Waals surface area contributed by atoms with Crippen molar-refractivity contribution in [3.05, 3.63) is 89.2 Å². The second-order valence-electron chi connectivity index (χ2n) is 7.68. The van der Waals surface area contributed by atoms with Gasteiger partial charge in [-0.05, 0) is 54.8 Å². The summed E-state index contributed by atoms with van der Waals surface area (Å²) in [4.78, 5) is 18.8. The number of carbonyl (C=O) groups is 1. The first kappa shape index (κ1) is 20.9. The Morgan fingerprint density at radius 3 is 2.55 bits per heavy atom. The van der Waals surface area contributed by atoms with Gasteiger partial charge in [-0.15, -0.1) is 0 Å². The Hall–Kier alpha value is -3.35. The van der Waals surface area contributed by atoms with Crippen molar-refractivity contribution in [2.75, 3.05) is 23.3 Å². The number of alkyl halides is 3. The van der Waals surface area contributed by atoms with Gasteiger partial charge in [0, 0.05) is 36.5 Å². The lowest BCUT2D eigenvalue weighted by atomic mass is 9.88. The molecule has 0 spiro atoms. The van der Waals surface area contributed by atoms with Gasteiger partial charge in [0.15, 0.2) is 0 Å². The molecular weight excluding hydrogens is 403 g/mol. The fraction of sp³-hybridized carbons (Fsp3) is 0.250. The quantitative estimate of drug-likeness (QED) is 0.587. The number of benzene rings is 2. The summed E-state index contributed by atoms with van der Waals surface area (Å²) in [5.41, 5.74) is 1.14. The van der Waals surface area contributed by atoms with E-state index in [1.165, 1.54) is 13.0 Å². The van der Waals surface area contributed by atoms with Crippen LogP contribution in [0.2, 0.25) is 0 Å². The SMILES string of the molecule is Cc1ccc(NC(=O)c2ccccc2)c([C@@H]2CCN(c3cccnc3)C2)c1C(F)(F)F. The van der Waals surface area contributed by atoms with Gasteiger partial charge in [0.2, 0.25) is 0 Å². The second kappa shape index (κ2) is 8.41. The number of amides is 1. The molecule has 0 radical (unpaired) electrons. The number of pyridine rings is 1. The van der Waals surface area contributed by atoms with Crippen LogP contribution in [0.4, 0.5) is 24.5 Å². The van der Waals surface area contributed by atoms with Crippen LogP contribution in [-0.4, -0.2) is 24.0 Å². The summed E-state index contributed by atoms with van der Waals surface area (Å²) < 4.78 is 42.3. The number of carbonyl (C=O) groups excluding carboxylic acids is 1. The van der Waals surface area contributed by atoms with Gasteiger partial charge >= 0.3 is 6.18 Å². The number of rotatable bonds is 4. The van der Waals surface area contributed by atoms with E-state index in [-0.39, 0.29) is 22.7 Å². The van der Waals surface area contributed by atoms with E-state index < -0.39 is 17.6 Å². The lowest BCUT2D eigenvalue weighted by Gasteiger charge is -2.24. The van der Waals surface area contributed by atoms with E-state index in [0.717, 1.165) is 5.69 Å². The zero-order valence-corrected chi connectivity index (χ0v) is 17.0. The van der Waals surface area contributed by atoms with Gasteiger partial charge < -0.3 is 10.2 Å². The highest BCUT2D eigenvalue weighted by atomic mass is 19.4. The summed E-state index contributed by atoms with van der Waals surface area (Å²) in [5, 5.41) is 2.73. The summed E-state index contributed by atoms with van der Waals surface area (Å²) in [6, 6.07) is 15.2. The van der Waals surface area contributed by atoms with E-state index in [1.807, 2.05) is 17.0 Å². The number of aryl methyl sites for hydroxylation is 1. The topological polar surface area (TPSA) is 45.2 Å². The van der Waals surface area contributed by atoms with E-state index in [9.17, 15) is 18.0 Å². The summed E-state index contributed by atoms with van der Waals surface area (Å²) in [5.74, 6) is -0.802. The first-order chi connectivity index (χ1) is 14.8. The van der Waals surface area contributed by atoms with Gasteiger partial charge in [-0.3, -0.25) is 9.78 Å². The van der Waals surface area contributed by atoms with Gasteiger partial charge in [0.05, 0.1) is 17.4 Å². The van der Waals surface area contributed by atoms with E-state index in [1.54, 1.807) is 48.8 Å². The number of hydrogen-bond acceptors (Lipinski definition) is 3. The molecule has 1 aromatic heterocycles. The molecular formula is C24H22F3N3O. The van der Waals surface area contributed by atoms with Crippen molar-refractivity contribution in [1.82, 2.24) is 4.98 Å². The zero-order chi connectivity index (χ0) is 22.0. The van der Waals surface area contributed by atoms with Crippen molar-refractivity contribution >= 4 is 17.3 Å². The lowest BCUT2D eigenvalue weighted by molar-refractivity contribution is -0.138. The minimum atomic E-state index is -4.52. The molecule has 2 heterocycles. The Kier molecular flexibility index (Phi) is 5.67. The molecule has 0 bridgehead atoms. The molecule has 160 valence electrons. The summed E-state index contributed by atoms with van der Waals surface area (Å²) >= 11 is 0. The maximum atomic E-state index is 14.1. The van der Waals surface area contributed by atoms with E-state index in [0.29, 0.717) is 25.1 Å². The molecule has 31 heavy (non-hydrogen) atoms. The average molecular weight is 425 g/mol. The minimum Gasteiger partial charge on any atom is -0.370 e. The van der Waals surface area contributed by atoms with E-state index in [4.69, 9.17) is 0 Å². The molecule has 1 amide bonds. The van der Waals surface area contributed by atoms with Crippen LogP contribution in [0.3, 0.4) is 0 Å². The number of hydrogen-bond donors (Lipinski definition) is 1. The monoisotopic (exact) mass is 425 g/mol. The third-order valence-electron chi connectivity index (χ3n) is 5.63. The summed E-state index contributed by atoms with van der Waals surface area (Å²) in [6.07, 6.45) is -0.595. The lowest BCUT2D eigenvalue weighted by Crippen LogP contribution is -2.22. The number of anilines is 2. The predicted octanol–water partition coefficient (Wildman–Crippen LogP) is 5.66. The third-order valence-corrected chi connectivity index (χ3v) is 5.63. The van der Waals surface area contributed by atoms with Gasteiger partial charge in [-0.1, -0.05) is 24.3 Å². The van der Waals surface area contributed by atoms with E-state index in [2.05, 4.69) is 10.3 Å². The minimum absolute atomic E-state index is 0.153. The second-order valence-corrected chi connectivity index (χ2v) is 7.68. The fourth-order valence-corrected chi connectivity index (χ4v) is 4.19. The normalized spacial score (nSPS) is 16.4. The van der Waals surface area contributed by atoms with Crippen LogP contribution in [0.25, 0.3) is 0 Å². The molecule has 4 rings (SSSR count). The first-order valence-corrected chi connectivity index (χ1v) is 10.1. The molecule has 1 N–H and O–H groups in total. The first-order valence-electron chi connectivity index (χ1n) is 10.1. The van der Waals surface area contributed by atoms with Crippen LogP contribution >= 0.6 is 0 Å². The molecule has 7 heteroatoms. The molecule has 0 unspecified atom stereocenters. The molecule has 1 aliphatic heterocycles. The molecule has 1 saturated heterocycles. The maximum Gasteiger partial charge on any atom is 0.417 e. The number of halogens is 3. The van der Waals surface area contributed by atoms with Crippen LogP contribution in [0.5, 0.6) is 0 Å². The molecule has 0 aliphatic carbocycles. The van der Waals surface area contributed by atoms with Gasteiger partial charge in [0.25, 0.3) is 5.91 Å².